The lowest BCUT2D eigenvalue weighted by Gasteiger charge is -2.32. The molecule has 192 valence electrons. The van der Waals surface area contributed by atoms with Crippen molar-refractivity contribution in [2.45, 2.75) is 38.5 Å². The molecule has 1 fully saturated rings. The van der Waals surface area contributed by atoms with Crippen LogP contribution in [0.4, 0.5) is 10.8 Å². The molecule has 1 aliphatic heterocycles. The second kappa shape index (κ2) is 10.6. The van der Waals surface area contributed by atoms with Gasteiger partial charge in [0.1, 0.15) is 5.75 Å². The highest BCUT2D eigenvalue weighted by atomic mass is 32.2. The van der Waals surface area contributed by atoms with E-state index in [0.717, 1.165) is 33.1 Å². The van der Waals surface area contributed by atoms with Gasteiger partial charge in [0, 0.05) is 31.1 Å². The first-order chi connectivity index (χ1) is 17.1. The highest BCUT2D eigenvalue weighted by Crippen LogP contribution is 2.34. The van der Waals surface area contributed by atoms with Crippen LogP contribution in [0.25, 0.3) is 11.3 Å². The van der Waals surface area contributed by atoms with Crippen molar-refractivity contribution < 1.29 is 17.9 Å². The molecular weight excluding hydrogens is 496 g/mol. The number of rotatable bonds is 7. The second-order valence-corrected chi connectivity index (χ2v) is 11.9. The van der Waals surface area contributed by atoms with Gasteiger partial charge in [-0.15, -0.1) is 11.3 Å². The fraction of sp³-hybridized carbons (Fsp3) is 0.385. The number of piperidine rings is 1. The van der Waals surface area contributed by atoms with Gasteiger partial charge >= 0.3 is 0 Å². The number of carbonyl (C=O) groups is 1. The van der Waals surface area contributed by atoms with Crippen molar-refractivity contribution in [1.29, 1.82) is 0 Å². The van der Waals surface area contributed by atoms with E-state index in [-0.39, 0.29) is 12.5 Å². The number of aromatic nitrogens is 1. The Morgan fingerprint density at radius 2 is 1.89 bits per heavy atom. The summed E-state index contributed by atoms with van der Waals surface area (Å²) in [6.07, 6.45) is 1.23. The third-order valence-corrected chi connectivity index (χ3v) is 9.46. The molecule has 1 atom stereocenters. The summed E-state index contributed by atoms with van der Waals surface area (Å²) >= 11 is 1.50. The van der Waals surface area contributed by atoms with E-state index < -0.39 is 15.9 Å². The summed E-state index contributed by atoms with van der Waals surface area (Å²) in [6.45, 7) is 6.13. The molecule has 1 aliphatic rings. The fourth-order valence-electron chi connectivity index (χ4n) is 4.80. The van der Waals surface area contributed by atoms with E-state index in [4.69, 9.17) is 4.74 Å². The minimum atomic E-state index is -3.72. The Morgan fingerprint density at radius 1 is 1.17 bits per heavy atom. The van der Waals surface area contributed by atoms with Crippen LogP contribution in [0, 0.1) is 26.7 Å². The SMILES string of the molecule is CNc1nc(-c2ccc(OC)c(NC(=O)[C@H]3CCCN(S(=O)(=O)c4c(C)cc(C)cc4C)C3)c2)cs1. The molecule has 2 N–H and O–H groups in total. The number of nitrogens with zero attached hydrogens (tertiary/aromatic N) is 2. The molecule has 0 aliphatic carbocycles. The zero-order valence-electron chi connectivity index (χ0n) is 21.2. The number of carbonyl (C=O) groups excluding carboxylic acids is 1. The summed E-state index contributed by atoms with van der Waals surface area (Å²) in [5.41, 5.74) is 4.65. The molecule has 0 spiro atoms. The molecule has 1 saturated heterocycles. The third-order valence-electron chi connectivity index (χ3n) is 6.43. The lowest BCUT2D eigenvalue weighted by molar-refractivity contribution is -0.120. The van der Waals surface area contributed by atoms with Crippen LogP contribution in [0.5, 0.6) is 5.75 Å². The van der Waals surface area contributed by atoms with Gasteiger partial charge in [-0.2, -0.15) is 4.31 Å². The minimum absolute atomic E-state index is 0.139. The van der Waals surface area contributed by atoms with Crippen LogP contribution in [-0.2, 0) is 14.8 Å². The number of amides is 1. The number of benzene rings is 2. The van der Waals surface area contributed by atoms with Crippen LogP contribution in [0.2, 0.25) is 0 Å². The summed E-state index contributed by atoms with van der Waals surface area (Å²) in [7, 11) is -0.353. The number of aryl methyl sites for hydroxylation is 3. The highest BCUT2D eigenvalue weighted by Gasteiger charge is 2.35. The van der Waals surface area contributed by atoms with E-state index in [1.807, 2.05) is 57.5 Å². The summed E-state index contributed by atoms with van der Waals surface area (Å²) < 4.78 is 34.0. The van der Waals surface area contributed by atoms with Crippen LogP contribution in [0.1, 0.15) is 29.5 Å². The molecule has 0 radical (unpaired) electrons. The van der Waals surface area contributed by atoms with Crippen molar-refractivity contribution in [3.63, 3.8) is 0 Å². The monoisotopic (exact) mass is 528 g/mol. The first-order valence-electron chi connectivity index (χ1n) is 11.8. The van der Waals surface area contributed by atoms with Crippen molar-refractivity contribution in [2.24, 2.45) is 5.92 Å². The zero-order valence-corrected chi connectivity index (χ0v) is 22.8. The highest BCUT2D eigenvalue weighted by molar-refractivity contribution is 7.89. The molecule has 0 saturated carbocycles. The van der Waals surface area contributed by atoms with E-state index in [1.54, 1.807) is 13.2 Å². The summed E-state index contributed by atoms with van der Waals surface area (Å²) in [5.74, 6) is -0.164. The van der Waals surface area contributed by atoms with Gasteiger partial charge < -0.3 is 15.4 Å². The average molecular weight is 529 g/mol. The van der Waals surface area contributed by atoms with Gasteiger partial charge in [0.25, 0.3) is 0 Å². The molecular formula is C26H32N4O4S2. The van der Waals surface area contributed by atoms with E-state index in [9.17, 15) is 13.2 Å². The number of nitrogens with one attached hydrogen (secondary N) is 2. The lowest BCUT2D eigenvalue weighted by atomic mass is 9.98. The van der Waals surface area contributed by atoms with E-state index in [2.05, 4.69) is 15.6 Å². The predicted molar refractivity (Wildman–Crippen MR) is 144 cm³/mol. The maximum Gasteiger partial charge on any atom is 0.243 e. The van der Waals surface area contributed by atoms with Crippen LogP contribution < -0.4 is 15.4 Å². The van der Waals surface area contributed by atoms with Crippen LogP contribution in [-0.4, -0.2) is 50.9 Å². The number of anilines is 2. The molecule has 4 rings (SSSR count). The molecule has 1 amide bonds. The van der Waals surface area contributed by atoms with Gasteiger partial charge in [-0.25, -0.2) is 13.4 Å². The Kier molecular flexibility index (Phi) is 7.67. The number of methoxy groups -OCH3 is 1. The Bertz CT molecular complexity index is 1360. The molecule has 3 aromatic rings. The number of hydrogen-bond acceptors (Lipinski definition) is 7. The van der Waals surface area contributed by atoms with Crippen molar-refractivity contribution in [2.75, 3.05) is 37.9 Å². The van der Waals surface area contributed by atoms with Gasteiger partial charge in [0.05, 0.1) is 29.3 Å². The summed E-state index contributed by atoms with van der Waals surface area (Å²) in [4.78, 5) is 18.2. The lowest BCUT2D eigenvalue weighted by Crippen LogP contribution is -2.44. The molecule has 2 aromatic carbocycles. The van der Waals surface area contributed by atoms with Gasteiger partial charge in [0.2, 0.25) is 15.9 Å². The summed E-state index contributed by atoms with van der Waals surface area (Å²) in [6, 6.07) is 9.29. The van der Waals surface area contributed by atoms with E-state index >= 15 is 0 Å². The van der Waals surface area contributed by atoms with Crippen LogP contribution >= 0.6 is 11.3 Å². The number of hydrogen-bond donors (Lipinski definition) is 2. The van der Waals surface area contributed by atoms with E-state index in [0.29, 0.717) is 35.7 Å². The molecule has 2 heterocycles. The maximum atomic E-state index is 13.6. The van der Waals surface area contributed by atoms with Gasteiger partial charge in [-0.3, -0.25) is 4.79 Å². The summed E-state index contributed by atoms with van der Waals surface area (Å²) in [5, 5.41) is 8.75. The van der Waals surface area contributed by atoms with Gasteiger partial charge in [-0.05, 0) is 62.9 Å². The topological polar surface area (TPSA) is 101 Å². The first kappa shape index (κ1) is 26.1. The normalized spacial score (nSPS) is 16.5. The first-order valence-corrected chi connectivity index (χ1v) is 14.2. The van der Waals surface area contributed by atoms with Crippen molar-refractivity contribution >= 4 is 38.1 Å². The number of ether oxygens (including phenoxy) is 1. The molecule has 0 bridgehead atoms. The number of thiazole rings is 1. The van der Waals surface area contributed by atoms with Crippen molar-refractivity contribution in [1.82, 2.24) is 9.29 Å². The van der Waals surface area contributed by atoms with Gasteiger partial charge in [-0.1, -0.05) is 17.7 Å². The Labute approximate surface area is 216 Å². The van der Waals surface area contributed by atoms with Crippen LogP contribution in [0.3, 0.4) is 0 Å². The zero-order chi connectivity index (χ0) is 26.0. The van der Waals surface area contributed by atoms with Crippen LogP contribution in [0.15, 0.2) is 40.6 Å². The van der Waals surface area contributed by atoms with Crippen molar-refractivity contribution in [3.05, 3.63) is 52.4 Å². The smallest absolute Gasteiger partial charge is 0.243 e. The quantitative estimate of drug-likeness (QED) is 0.456. The average Bonchev–Trinajstić information content (AvgIpc) is 3.33. The Hall–Kier alpha value is -2.95. The Morgan fingerprint density at radius 3 is 2.53 bits per heavy atom. The standard InChI is InChI=1S/C26H32N4O4S2/c1-16-11-17(2)24(18(3)12-16)36(32,33)30-10-6-7-20(14-30)25(31)28-21-13-19(8-9-23(21)34-5)22-15-35-26(27-4)29-22/h8-9,11-13,15,20H,6-7,10,14H2,1-5H3,(H,27,29)(H,28,31)/t20-/m0/s1. The van der Waals surface area contributed by atoms with Crippen molar-refractivity contribution in [3.8, 4) is 17.0 Å². The Balaban J connectivity index is 1.55. The maximum absolute atomic E-state index is 13.6. The minimum Gasteiger partial charge on any atom is -0.495 e. The molecule has 36 heavy (non-hydrogen) atoms. The predicted octanol–water partition coefficient (Wildman–Crippen LogP) is 4.83. The second-order valence-electron chi connectivity index (χ2n) is 9.12. The molecule has 0 unspecified atom stereocenters. The molecule has 10 heteroatoms. The molecule has 1 aromatic heterocycles. The van der Waals surface area contributed by atoms with E-state index in [1.165, 1.54) is 15.6 Å². The fourth-order valence-corrected chi connectivity index (χ4v) is 7.41. The third kappa shape index (κ3) is 5.25. The van der Waals surface area contributed by atoms with Gasteiger partial charge in [0.15, 0.2) is 5.13 Å². The molecule has 8 nitrogen and oxygen atoms in total. The number of sulfonamides is 1. The largest absolute Gasteiger partial charge is 0.495 e.